The van der Waals surface area contributed by atoms with Crippen LogP contribution in [0.2, 0.25) is 5.02 Å². The summed E-state index contributed by atoms with van der Waals surface area (Å²) in [6.45, 7) is 1.27. The average molecular weight is 514 g/mol. The predicted octanol–water partition coefficient (Wildman–Crippen LogP) is 5.29. The number of benzene rings is 3. The van der Waals surface area contributed by atoms with E-state index in [0.29, 0.717) is 35.2 Å². The number of aliphatic hydroxyl groups is 1. The van der Waals surface area contributed by atoms with E-state index >= 15 is 0 Å². The Morgan fingerprint density at radius 1 is 1.03 bits per heavy atom. The van der Waals surface area contributed by atoms with Gasteiger partial charge in [-0.15, -0.1) is 0 Å². The summed E-state index contributed by atoms with van der Waals surface area (Å²) in [5.74, 6) is -0.972. The van der Waals surface area contributed by atoms with Crippen LogP contribution in [0.4, 0.5) is 11.4 Å². The highest BCUT2D eigenvalue weighted by molar-refractivity contribution is 6.52. The van der Waals surface area contributed by atoms with Crippen molar-refractivity contribution in [2.45, 2.75) is 6.04 Å². The number of ketones is 1. The third-order valence-electron chi connectivity index (χ3n) is 7.10. The number of aromatic nitrogens is 1. The molecule has 8 heteroatoms. The van der Waals surface area contributed by atoms with Gasteiger partial charge in [0, 0.05) is 53.0 Å². The number of fused-ring (bicyclic) bond motifs is 2. The number of carbonyl (C=O) groups is 2. The molecule has 1 fully saturated rings. The van der Waals surface area contributed by atoms with Gasteiger partial charge in [0.25, 0.3) is 11.7 Å². The highest BCUT2D eigenvalue weighted by Crippen LogP contribution is 2.45. The number of nitrogens with zero attached hydrogens (tertiary/aromatic N) is 3. The molecule has 1 unspecified atom stereocenters. The summed E-state index contributed by atoms with van der Waals surface area (Å²) in [6, 6.07) is 19.0. The number of halogens is 1. The van der Waals surface area contributed by atoms with E-state index in [1.807, 2.05) is 54.0 Å². The van der Waals surface area contributed by atoms with E-state index in [1.165, 1.54) is 4.90 Å². The van der Waals surface area contributed by atoms with E-state index in [9.17, 15) is 14.7 Å². The Hall–Kier alpha value is -4.23. The van der Waals surface area contributed by atoms with Gasteiger partial charge in [0.05, 0.1) is 23.8 Å². The molecule has 3 heterocycles. The molecular weight excluding hydrogens is 490 g/mol. The molecule has 1 aromatic heterocycles. The Balaban J connectivity index is 1.60. The van der Waals surface area contributed by atoms with Gasteiger partial charge in [-0.1, -0.05) is 29.8 Å². The molecule has 3 aromatic carbocycles. The van der Waals surface area contributed by atoms with Crippen molar-refractivity contribution in [3.63, 3.8) is 0 Å². The van der Waals surface area contributed by atoms with Gasteiger partial charge in [0.15, 0.2) is 0 Å². The van der Waals surface area contributed by atoms with Crippen molar-refractivity contribution in [2.75, 3.05) is 30.0 Å². The first kappa shape index (κ1) is 23.2. The lowest BCUT2D eigenvalue weighted by molar-refractivity contribution is -0.132. The second-order valence-electron chi connectivity index (χ2n) is 9.31. The molecule has 0 aliphatic carbocycles. The topological polar surface area (TPSA) is 75.0 Å². The molecule has 6 rings (SSSR count). The molecule has 1 atom stereocenters. The molecule has 37 heavy (non-hydrogen) atoms. The molecule has 186 valence electrons. The van der Waals surface area contributed by atoms with Crippen molar-refractivity contribution in [1.82, 2.24) is 4.57 Å². The molecule has 0 saturated carbocycles. The Kier molecular flexibility index (Phi) is 5.46. The van der Waals surface area contributed by atoms with E-state index in [1.54, 1.807) is 42.5 Å². The normalized spacial score (nSPS) is 18.8. The summed E-state index contributed by atoms with van der Waals surface area (Å²) in [6.07, 6.45) is 1.91. The number of hydrogen-bond acceptors (Lipinski definition) is 5. The molecule has 1 N–H and O–H groups in total. The van der Waals surface area contributed by atoms with Crippen molar-refractivity contribution in [1.29, 1.82) is 0 Å². The van der Waals surface area contributed by atoms with Crippen LogP contribution >= 0.6 is 11.6 Å². The quantitative estimate of drug-likeness (QED) is 0.229. The fourth-order valence-corrected chi connectivity index (χ4v) is 5.37. The van der Waals surface area contributed by atoms with E-state index < -0.39 is 17.7 Å². The van der Waals surface area contributed by atoms with Crippen molar-refractivity contribution in [2.24, 2.45) is 7.05 Å². The standard InChI is InChI=1S/C29H24ClN3O4/c1-31-13-14-37-24-12-7-17(15-23(24)31)27(34)25-26(21-16-32(2)22-6-4-3-5-20(21)22)33(29(36)28(25)35)19-10-8-18(30)9-11-19/h3-12,15-16,26,34H,13-14H2,1-2H3/b27-25+. The third kappa shape index (κ3) is 3.65. The predicted molar refractivity (Wildman–Crippen MR) is 144 cm³/mol. The van der Waals surface area contributed by atoms with E-state index in [-0.39, 0.29) is 11.3 Å². The fraction of sp³-hybridized carbons (Fsp3) is 0.172. The molecular formula is C29H24ClN3O4. The number of aliphatic hydroxyl groups excluding tert-OH is 1. The number of aryl methyl sites for hydroxylation is 1. The van der Waals surface area contributed by atoms with Crippen LogP contribution in [0.25, 0.3) is 16.7 Å². The Morgan fingerprint density at radius 2 is 1.78 bits per heavy atom. The Bertz CT molecular complexity index is 1610. The Morgan fingerprint density at radius 3 is 2.57 bits per heavy atom. The first-order valence-corrected chi connectivity index (χ1v) is 12.3. The second-order valence-corrected chi connectivity index (χ2v) is 9.75. The molecule has 1 saturated heterocycles. The summed E-state index contributed by atoms with van der Waals surface area (Å²) < 4.78 is 7.69. The van der Waals surface area contributed by atoms with Crippen molar-refractivity contribution in [3.8, 4) is 5.75 Å². The van der Waals surface area contributed by atoms with Gasteiger partial charge < -0.3 is 19.3 Å². The van der Waals surface area contributed by atoms with Crippen LogP contribution in [0.1, 0.15) is 17.2 Å². The molecule has 2 aliphatic heterocycles. The maximum absolute atomic E-state index is 13.6. The van der Waals surface area contributed by atoms with Gasteiger partial charge in [0.2, 0.25) is 0 Å². The monoisotopic (exact) mass is 513 g/mol. The second kappa shape index (κ2) is 8.71. The van der Waals surface area contributed by atoms with Crippen LogP contribution < -0.4 is 14.5 Å². The first-order valence-electron chi connectivity index (χ1n) is 11.9. The van der Waals surface area contributed by atoms with Gasteiger partial charge in [-0.3, -0.25) is 14.5 Å². The Labute approximate surface area is 218 Å². The molecule has 1 amide bonds. The number of hydrogen-bond donors (Lipinski definition) is 1. The van der Waals surface area contributed by atoms with Gasteiger partial charge >= 0.3 is 0 Å². The molecule has 0 radical (unpaired) electrons. The summed E-state index contributed by atoms with van der Waals surface area (Å²) >= 11 is 6.11. The van der Waals surface area contributed by atoms with Crippen LogP contribution in [0.3, 0.4) is 0 Å². The fourth-order valence-electron chi connectivity index (χ4n) is 5.24. The maximum Gasteiger partial charge on any atom is 0.300 e. The summed E-state index contributed by atoms with van der Waals surface area (Å²) in [4.78, 5) is 30.6. The zero-order valence-electron chi connectivity index (χ0n) is 20.3. The van der Waals surface area contributed by atoms with Crippen LogP contribution in [0.15, 0.2) is 78.5 Å². The lowest BCUT2D eigenvalue weighted by Gasteiger charge is -2.28. The summed E-state index contributed by atoms with van der Waals surface area (Å²) in [7, 11) is 3.86. The van der Waals surface area contributed by atoms with Gasteiger partial charge in [0.1, 0.15) is 18.1 Å². The smallest absolute Gasteiger partial charge is 0.300 e. The zero-order valence-corrected chi connectivity index (χ0v) is 21.1. The van der Waals surface area contributed by atoms with Crippen molar-refractivity contribution < 1.29 is 19.4 Å². The average Bonchev–Trinajstić information content (AvgIpc) is 3.37. The largest absolute Gasteiger partial charge is 0.507 e. The molecule has 0 spiro atoms. The minimum Gasteiger partial charge on any atom is -0.507 e. The lowest BCUT2D eigenvalue weighted by Crippen LogP contribution is -2.29. The number of anilines is 2. The molecule has 4 aromatic rings. The lowest BCUT2D eigenvalue weighted by atomic mass is 9.94. The van der Waals surface area contributed by atoms with Crippen LogP contribution in [0.5, 0.6) is 5.75 Å². The van der Waals surface area contributed by atoms with E-state index in [0.717, 1.165) is 22.2 Å². The van der Waals surface area contributed by atoms with Gasteiger partial charge in [-0.05, 0) is 48.5 Å². The SMILES string of the molecule is CN1CCOc2ccc(/C(O)=C3\C(=O)C(=O)N(c4ccc(Cl)cc4)C3c3cn(C)c4ccccc34)cc21. The third-order valence-corrected chi connectivity index (χ3v) is 7.35. The minimum atomic E-state index is -0.836. The number of ether oxygens (including phenoxy) is 1. The number of para-hydroxylation sites is 1. The van der Waals surface area contributed by atoms with Gasteiger partial charge in [-0.2, -0.15) is 0 Å². The van der Waals surface area contributed by atoms with Crippen molar-refractivity contribution >= 4 is 51.3 Å². The first-order chi connectivity index (χ1) is 17.8. The van der Waals surface area contributed by atoms with E-state index in [4.69, 9.17) is 16.3 Å². The van der Waals surface area contributed by atoms with Gasteiger partial charge in [-0.25, -0.2) is 0 Å². The number of rotatable bonds is 3. The number of Topliss-reactive ketones (excluding diaryl/α,β-unsaturated/α-hetero) is 1. The highest BCUT2D eigenvalue weighted by atomic mass is 35.5. The molecule has 0 bridgehead atoms. The minimum absolute atomic E-state index is 0.0376. The van der Waals surface area contributed by atoms with E-state index in [2.05, 4.69) is 0 Å². The zero-order chi connectivity index (χ0) is 25.8. The highest BCUT2D eigenvalue weighted by Gasteiger charge is 2.48. The number of carbonyl (C=O) groups excluding carboxylic acids is 2. The number of amides is 1. The molecule has 7 nitrogen and oxygen atoms in total. The van der Waals surface area contributed by atoms with Crippen LogP contribution in [-0.4, -0.2) is 41.6 Å². The van der Waals surface area contributed by atoms with Crippen LogP contribution in [0, 0.1) is 0 Å². The summed E-state index contributed by atoms with van der Waals surface area (Å²) in [5.41, 5.74) is 3.50. The molecule has 2 aliphatic rings. The number of likely N-dealkylation sites (N-methyl/N-ethyl adjacent to an activating group) is 1. The summed E-state index contributed by atoms with van der Waals surface area (Å²) in [5, 5.41) is 13.0. The van der Waals surface area contributed by atoms with Crippen molar-refractivity contribution in [3.05, 3.63) is 94.6 Å². The maximum atomic E-state index is 13.6. The van der Waals surface area contributed by atoms with Crippen LogP contribution in [-0.2, 0) is 16.6 Å².